The molecule has 0 fully saturated rings. The van der Waals surface area contributed by atoms with Gasteiger partial charge in [-0.25, -0.2) is 4.79 Å². The molecular weight excluding hydrogens is 128 g/mol. The van der Waals surface area contributed by atoms with Gasteiger partial charge in [-0.05, 0) is 18.5 Å². The van der Waals surface area contributed by atoms with E-state index in [2.05, 4.69) is 0 Å². The largest absolute Gasteiger partial charge is 0.478 e. The second kappa shape index (κ2) is 2.52. The first kappa shape index (κ1) is 2.09. The van der Waals surface area contributed by atoms with Crippen LogP contribution in [-0.4, -0.2) is 11.1 Å². The first-order valence-corrected chi connectivity index (χ1v) is 2.43. The van der Waals surface area contributed by atoms with Gasteiger partial charge in [0.15, 0.2) is 0 Å². The lowest BCUT2D eigenvalue weighted by Crippen LogP contribution is -1.97. The predicted octanol–water partition coefficient (Wildman–Crippen LogP) is 1.69. The number of benzene rings is 1. The molecule has 10 heavy (non-hydrogen) atoms. The Morgan fingerprint density at radius 2 is 2.40 bits per heavy atom. The second-order valence-corrected chi connectivity index (χ2v) is 1.56. The Kier molecular flexibility index (Phi) is 0.526. The van der Waals surface area contributed by atoms with E-state index in [1.54, 1.807) is 0 Å². The molecule has 0 aliphatic rings. The Morgan fingerprint density at radius 3 is 3.00 bits per heavy atom. The van der Waals surface area contributed by atoms with Crippen molar-refractivity contribution in [2.24, 2.45) is 0 Å². The maximum absolute atomic E-state index is 10.9. The van der Waals surface area contributed by atoms with Crippen molar-refractivity contribution < 1.29 is 19.5 Å². The maximum Gasteiger partial charge on any atom is 0.335 e. The molecule has 1 N–H and O–H groups in total. The Bertz CT molecular complexity index is 492. The van der Waals surface area contributed by atoms with E-state index in [-0.39, 0.29) is 0 Å². The molecule has 0 atom stereocenters. The monoisotopic (exact) mass is 143 g/mol. The molecule has 0 bridgehead atoms. The average molecular weight is 143 g/mol. The van der Waals surface area contributed by atoms with Gasteiger partial charge in [0.05, 0.1) is 11.0 Å². The Balaban J connectivity index is 3.86. The summed E-state index contributed by atoms with van der Waals surface area (Å²) in [7, 11) is 0. The van der Waals surface area contributed by atoms with Crippen LogP contribution in [0.3, 0.4) is 0 Å². The van der Waals surface area contributed by atoms with Gasteiger partial charge < -0.3 is 5.11 Å². The van der Waals surface area contributed by atoms with Crippen LogP contribution in [-0.2, 0) is 0 Å². The van der Waals surface area contributed by atoms with Crippen LogP contribution in [0.25, 0.3) is 0 Å². The number of rotatable bonds is 1. The van der Waals surface area contributed by atoms with Crippen molar-refractivity contribution in [2.45, 2.75) is 6.85 Å². The summed E-state index contributed by atoms with van der Waals surface area (Å²) in [5.41, 5.74) is -1.77. The molecule has 0 unspecified atom stereocenters. The lowest BCUT2D eigenvalue weighted by Gasteiger charge is -1.96. The molecule has 0 amide bonds. The third kappa shape index (κ3) is 1.16. The van der Waals surface area contributed by atoms with Gasteiger partial charge in [-0.2, -0.15) is 0 Å². The molecule has 0 radical (unpaired) electrons. The van der Waals surface area contributed by atoms with Gasteiger partial charge in [0.2, 0.25) is 0 Å². The summed E-state index contributed by atoms with van der Waals surface area (Å²) in [6.07, 6.45) is 0. The average Bonchev–Trinajstić information content (AvgIpc) is 2.17. The minimum absolute atomic E-state index is 0.758. The molecule has 52 valence electrons. The van der Waals surface area contributed by atoms with Crippen LogP contribution in [0.4, 0.5) is 0 Å². The van der Waals surface area contributed by atoms with Crippen molar-refractivity contribution in [3.63, 3.8) is 0 Å². The summed E-state index contributed by atoms with van der Waals surface area (Å²) < 4.78 is 50.8. The fourth-order valence-electron chi connectivity index (χ4n) is 0.473. The van der Waals surface area contributed by atoms with Gasteiger partial charge in [-0.15, -0.1) is 0 Å². The van der Waals surface area contributed by atoms with Gasteiger partial charge in [0.1, 0.15) is 0 Å². The molecule has 0 aromatic heterocycles. The Hall–Kier alpha value is -1.31. The zero-order valence-corrected chi connectivity index (χ0v) is 4.86. The van der Waals surface area contributed by atoms with E-state index >= 15 is 0 Å². The lowest BCUT2D eigenvalue weighted by molar-refractivity contribution is 0.0696. The van der Waals surface area contributed by atoms with Crippen LogP contribution in [0.1, 0.15) is 25.5 Å². The standard InChI is InChI=1S/C8H8O2/c1-6-4-2-3-5-7(6)8(9)10/h2-5H,1H3,(H,9,10)/i1D3,2D,3D,4D,5D. The van der Waals surface area contributed by atoms with Crippen LogP contribution in [0.2, 0.25) is 0 Å². The molecule has 0 spiro atoms. The Labute approximate surface area is 69.0 Å². The molecular formula is C8H8O2. The van der Waals surface area contributed by atoms with E-state index in [1.165, 1.54) is 0 Å². The summed E-state index contributed by atoms with van der Waals surface area (Å²) in [5, 5.41) is 8.85. The van der Waals surface area contributed by atoms with E-state index in [1.807, 2.05) is 0 Å². The summed E-state index contributed by atoms with van der Waals surface area (Å²) in [6, 6.07) is -3.22. The highest BCUT2D eigenvalue weighted by atomic mass is 16.4. The summed E-state index contributed by atoms with van der Waals surface area (Å²) in [4.78, 5) is 10.9. The minimum Gasteiger partial charge on any atom is -0.478 e. The van der Waals surface area contributed by atoms with Crippen LogP contribution in [0.15, 0.2) is 24.2 Å². The summed E-state index contributed by atoms with van der Waals surface area (Å²) >= 11 is 0. The van der Waals surface area contributed by atoms with Crippen molar-refractivity contribution in [1.29, 1.82) is 0 Å². The Morgan fingerprint density at radius 1 is 1.70 bits per heavy atom. The highest BCUT2D eigenvalue weighted by Crippen LogP contribution is 2.05. The molecule has 1 aromatic rings. The molecule has 0 aliphatic carbocycles. The lowest BCUT2D eigenvalue weighted by atomic mass is 10.1. The van der Waals surface area contributed by atoms with E-state index in [4.69, 9.17) is 14.7 Å². The number of hydrogen-bond acceptors (Lipinski definition) is 1. The predicted molar refractivity (Wildman–Crippen MR) is 38.1 cm³/mol. The van der Waals surface area contributed by atoms with Crippen LogP contribution >= 0.6 is 0 Å². The van der Waals surface area contributed by atoms with E-state index in [0.29, 0.717) is 0 Å². The number of hydrogen-bond donors (Lipinski definition) is 1. The van der Waals surface area contributed by atoms with Gasteiger partial charge in [0.25, 0.3) is 0 Å². The third-order valence-electron chi connectivity index (χ3n) is 0.901. The minimum atomic E-state index is -2.91. The van der Waals surface area contributed by atoms with Crippen molar-refractivity contribution in [1.82, 2.24) is 0 Å². The summed E-state index contributed by atoms with van der Waals surface area (Å²) in [5.74, 6) is -1.69. The zero-order valence-electron chi connectivity index (χ0n) is 11.9. The second-order valence-electron chi connectivity index (χ2n) is 1.56. The first-order chi connectivity index (χ1) is 7.59. The van der Waals surface area contributed by atoms with Crippen molar-refractivity contribution in [3.8, 4) is 0 Å². The van der Waals surface area contributed by atoms with Crippen molar-refractivity contribution >= 4 is 5.97 Å². The van der Waals surface area contributed by atoms with Crippen LogP contribution in [0, 0.1) is 6.85 Å². The van der Waals surface area contributed by atoms with Crippen molar-refractivity contribution in [3.05, 3.63) is 35.3 Å². The summed E-state index contributed by atoms with van der Waals surface area (Å²) in [6.45, 7) is -2.91. The first-order valence-electron chi connectivity index (χ1n) is 5.93. The molecule has 1 rings (SSSR count). The highest BCUT2D eigenvalue weighted by Gasteiger charge is 2.02. The topological polar surface area (TPSA) is 37.3 Å². The van der Waals surface area contributed by atoms with E-state index in [9.17, 15) is 4.79 Å². The van der Waals surface area contributed by atoms with Crippen LogP contribution in [0.5, 0.6) is 0 Å². The number of carboxylic acids is 1. The number of aromatic carboxylic acids is 1. The van der Waals surface area contributed by atoms with Gasteiger partial charge >= 0.3 is 5.97 Å². The SMILES string of the molecule is [2H]c1c([2H])c([2H])c(C([2H])([2H])[2H])c(C(=O)O)c1[2H]. The van der Waals surface area contributed by atoms with E-state index < -0.39 is 48.1 Å². The molecule has 2 nitrogen and oxygen atoms in total. The van der Waals surface area contributed by atoms with Gasteiger partial charge in [0, 0.05) is 4.11 Å². The highest BCUT2D eigenvalue weighted by molar-refractivity contribution is 5.89. The molecule has 0 saturated carbocycles. The zero-order chi connectivity index (χ0) is 13.5. The van der Waals surface area contributed by atoms with Crippen molar-refractivity contribution in [2.75, 3.05) is 0 Å². The molecule has 2 heteroatoms. The molecule has 1 aromatic carbocycles. The fourth-order valence-corrected chi connectivity index (χ4v) is 0.473. The van der Waals surface area contributed by atoms with E-state index in [0.717, 1.165) is 0 Å². The molecule has 0 heterocycles. The maximum atomic E-state index is 10.9. The van der Waals surface area contributed by atoms with Gasteiger partial charge in [-0.1, -0.05) is 18.1 Å². The quantitative estimate of drug-likeness (QED) is 0.649. The van der Waals surface area contributed by atoms with Crippen LogP contribution < -0.4 is 0 Å². The number of carboxylic acid groups (broad SMARTS) is 1. The normalized spacial score (nSPS) is 20.6. The third-order valence-corrected chi connectivity index (χ3v) is 0.901. The van der Waals surface area contributed by atoms with Gasteiger partial charge in [-0.3, -0.25) is 0 Å². The molecule has 0 saturated heterocycles. The fraction of sp³-hybridized carbons (Fsp3) is 0.125. The smallest absolute Gasteiger partial charge is 0.335 e. The molecule has 0 aliphatic heterocycles. The number of carbonyl (C=O) groups is 1.